The van der Waals surface area contributed by atoms with E-state index in [1.165, 1.54) is 10.9 Å². The van der Waals surface area contributed by atoms with Gasteiger partial charge in [-0.15, -0.1) is 0 Å². The van der Waals surface area contributed by atoms with Crippen molar-refractivity contribution < 1.29 is 9.84 Å². The minimum absolute atomic E-state index is 0.0842. The molecule has 4 aromatic rings. The number of benzene rings is 3. The van der Waals surface area contributed by atoms with Crippen LogP contribution in [0.25, 0.3) is 22.0 Å². The van der Waals surface area contributed by atoms with E-state index in [1.54, 1.807) is 7.11 Å². The van der Waals surface area contributed by atoms with Gasteiger partial charge >= 0.3 is 0 Å². The van der Waals surface area contributed by atoms with Crippen LogP contribution in [-0.2, 0) is 0 Å². The molecule has 0 radical (unpaired) electrons. The third-order valence-corrected chi connectivity index (χ3v) is 7.29. The maximum absolute atomic E-state index is 11.2. The monoisotopic (exact) mass is 464 g/mol. The number of anilines is 1. The average Bonchev–Trinajstić information content (AvgIpc) is 3.23. The number of aromatic amines is 1. The third-order valence-electron chi connectivity index (χ3n) is 7.29. The molecule has 0 amide bonds. The number of methoxy groups -OCH3 is 1. The van der Waals surface area contributed by atoms with Crippen molar-refractivity contribution in [2.45, 2.75) is 52.2 Å². The molecule has 178 valence electrons. The van der Waals surface area contributed by atoms with Gasteiger partial charge in [-0.25, -0.2) is 0 Å². The first-order chi connectivity index (χ1) is 16.7. The Morgan fingerprint density at radius 3 is 2.51 bits per heavy atom. The van der Waals surface area contributed by atoms with Crippen LogP contribution in [0.5, 0.6) is 5.75 Å². The van der Waals surface area contributed by atoms with Crippen molar-refractivity contribution in [2.75, 3.05) is 12.4 Å². The molecule has 3 aromatic carbocycles. The van der Waals surface area contributed by atoms with Crippen molar-refractivity contribution in [3.8, 4) is 28.7 Å². The first-order valence-corrected chi connectivity index (χ1v) is 12.1. The lowest BCUT2D eigenvalue weighted by molar-refractivity contribution is 0.0868. The van der Waals surface area contributed by atoms with Crippen molar-refractivity contribution in [1.29, 1.82) is 0 Å². The van der Waals surface area contributed by atoms with Gasteiger partial charge in [-0.05, 0) is 68.7 Å². The van der Waals surface area contributed by atoms with Crippen LogP contribution in [0.2, 0.25) is 0 Å². The van der Waals surface area contributed by atoms with Gasteiger partial charge in [0.25, 0.3) is 0 Å². The van der Waals surface area contributed by atoms with Crippen LogP contribution in [-0.4, -0.2) is 28.8 Å². The highest BCUT2D eigenvalue weighted by atomic mass is 16.5. The minimum atomic E-state index is -0.550. The fraction of sp³-hybridized carbons (Fsp3) is 0.290. The number of aliphatic hydroxyl groups excluding tert-OH is 1. The standard InChI is InChI=1S/C31H32N2O2/c1-18-15-26(25-12-8-11-23-19(2)17-32-29(23)25)24(14-13-21-9-7-10-22(16-21)35-6)27-20(3)30(34)31(4,5)33-28(18)27/h7-12,15-17,20,30,32-34H,1-6H3. The lowest BCUT2D eigenvalue weighted by atomic mass is 9.75. The number of aliphatic hydroxyl groups is 1. The Morgan fingerprint density at radius 1 is 0.971 bits per heavy atom. The van der Waals surface area contributed by atoms with Crippen LogP contribution >= 0.6 is 0 Å². The van der Waals surface area contributed by atoms with Crippen LogP contribution in [0.1, 0.15) is 54.5 Å². The number of aromatic nitrogens is 1. The Labute approximate surface area is 207 Å². The zero-order valence-electron chi connectivity index (χ0n) is 21.2. The van der Waals surface area contributed by atoms with Crippen LogP contribution in [0.3, 0.4) is 0 Å². The van der Waals surface area contributed by atoms with Crippen LogP contribution in [0.15, 0.2) is 54.7 Å². The molecule has 1 aliphatic rings. The highest BCUT2D eigenvalue weighted by molar-refractivity contribution is 5.98. The van der Waals surface area contributed by atoms with Crippen LogP contribution in [0, 0.1) is 25.7 Å². The second-order valence-corrected chi connectivity index (χ2v) is 10.2. The minimum Gasteiger partial charge on any atom is -0.497 e. The molecule has 2 atom stereocenters. The fourth-order valence-corrected chi connectivity index (χ4v) is 5.35. The zero-order chi connectivity index (χ0) is 24.9. The lowest BCUT2D eigenvalue weighted by Crippen LogP contribution is -2.50. The predicted octanol–water partition coefficient (Wildman–Crippen LogP) is 6.53. The maximum Gasteiger partial charge on any atom is 0.120 e. The first-order valence-electron chi connectivity index (χ1n) is 12.1. The molecule has 35 heavy (non-hydrogen) atoms. The van der Waals surface area contributed by atoms with Crippen molar-refractivity contribution in [3.63, 3.8) is 0 Å². The van der Waals surface area contributed by atoms with Gasteiger partial charge in [-0.1, -0.05) is 43.0 Å². The smallest absolute Gasteiger partial charge is 0.120 e. The predicted molar refractivity (Wildman–Crippen MR) is 144 cm³/mol. The van der Waals surface area contributed by atoms with Gasteiger partial charge in [-0.2, -0.15) is 0 Å². The van der Waals surface area contributed by atoms with Gasteiger partial charge in [-0.3, -0.25) is 0 Å². The van der Waals surface area contributed by atoms with Gasteiger partial charge in [0, 0.05) is 45.4 Å². The lowest BCUT2D eigenvalue weighted by Gasteiger charge is -2.43. The average molecular weight is 465 g/mol. The Bertz CT molecular complexity index is 1500. The summed E-state index contributed by atoms with van der Waals surface area (Å²) < 4.78 is 5.40. The van der Waals surface area contributed by atoms with Gasteiger partial charge in [0.15, 0.2) is 0 Å². The highest BCUT2D eigenvalue weighted by Crippen LogP contribution is 2.46. The second-order valence-electron chi connectivity index (χ2n) is 10.2. The highest BCUT2D eigenvalue weighted by Gasteiger charge is 2.40. The van der Waals surface area contributed by atoms with E-state index in [2.05, 4.69) is 87.2 Å². The summed E-state index contributed by atoms with van der Waals surface area (Å²) in [6, 6.07) is 16.4. The summed E-state index contributed by atoms with van der Waals surface area (Å²) in [4.78, 5) is 3.47. The van der Waals surface area contributed by atoms with Crippen molar-refractivity contribution in [1.82, 2.24) is 4.98 Å². The van der Waals surface area contributed by atoms with E-state index in [0.29, 0.717) is 0 Å². The molecule has 0 bridgehead atoms. The molecule has 0 saturated carbocycles. The zero-order valence-corrected chi connectivity index (χ0v) is 21.2. The number of para-hydroxylation sites is 1. The summed E-state index contributed by atoms with van der Waals surface area (Å²) in [5.41, 5.74) is 9.19. The number of hydrogen-bond acceptors (Lipinski definition) is 3. The molecule has 4 nitrogen and oxygen atoms in total. The largest absolute Gasteiger partial charge is 0.497 e. The van der Waals surface area contributed by atoms with Gasteiger partial charge in [0.2, 0.25) is 0 Å². The molecule has 1 aromatic heterocycles. The Balaban J connectivity index is 1.81. The molecule has 0 spiro atoms. The van der Waals surface area contributed by atoms with Crippen LogP contribution in [0.4, 0.5) is 5.69 Å². The SMILES string of the molecule is COc1cccc(C#Cc2c(-c3cccc4c(C)c[nH]c34)cc(C)c3c2C(C)C(O)C(C)(C)N3)c1. The molecule has 5 rings (SSSR count). The summed E-state index contributed by atoms with van der Waals surface area (Å²) in [5.74, 6) is 7.58. The number of hydrogen-bond donors (Lipinski definition) is 3. The second kappa shape index (κ2) is 8.52. The molecule has 4 heteroatoms. The summed E-state index contributed by atoms with van der Waals surface area (Å²) in [5, 5.41) is 16.0. The van der Waals surface area contributed by atoms with Crippen molar-refractivity contribution in [2.24, 2.45) is 0 Å². The fourth-order valence-electron chi connectivity index (χ4n) is 5.35. The summed E-state index contributed by atoms with van der Waals surface area (Å²) in [7, 11) is 1.66. The summed E-state index contributed by atoms with van der Waals surface area (Å²) >= 11 is 0. The quantitative estimate of drug-likeness (QED) is 0.296. The molecule has 0 fully saturated rings. The van der Waals surface area contributed by atoms with Gasteiger partial charge < -0.3 is 20.1 Å². The molecule has 3 N–H and O–H groups in total. The Hall–Kier alpha value is -3.68. The van der Waals surface area contributed by atoms with Crippen molar-refractivity contribution in [3.05, 3.63) is 82.5 Å². The summed E-state index contributed by atoms with van der Waals surface area (Å²) in [6.45, 7) is 10.5. The van der Waals surface area contributed by atoms with E-state index >= 15 is 0 Å². The molecule has 2 unspecified atom stereocenters. The number of aryl methyl sites for hydroxylation is 2. The number of H-pyrrole nitrogens is 1. The molecule has 0 saturated heterocycles. The number of rotatable bonds is 2. The van der Waals surface area contributed by atoms with E-state index in [1.807, 2.05) is 24.3 Å². The number of fused-ring (bicyclic) bond motifs is 2. The Kier molecular flexibility index (Phi) is 5.62. The third kappa shape index (κ3) is 3.87. The van der Waals surface area contributed by atoms with E-state index in [4.69, 9.17) is 4.74 Å². The van der Waals surface area contributed by atoms with E-state index in [-0.39, 0.29) is 5.92 Å². The normalized spacial score (nSPS) is 18.4. The molecule has 1 aliphatic heterocycles. The van der Waals surface area contributed by atoms with Crippen LogP contribution < -0.4 is 10.1 Å². The molecular formula is C31H32N2O2. The van der Waals surface area contributed by atoms with E-state index < -0.39 is 11.6 Å². The molecule has 0 aliphatic carbocycles. The van der Waals surface area contributed by atoms with Crippen molar-refractivity contribution >= 4 is 16.6 Å². The number of nitrogens with one attached hydrogen (secondary N) is 2. The van der Waals surface area contributed by atoms with E-state index in [9.17, 15) is 5.11 Å². The van der Waals surface area contributed by atoms with E-state index in [0.717, 1.165) is 50.3 Å². The molecular weight excluding hydrogens is 432 g/mol. The Morgan fingerprint density at radius 2 is 1.74 bits per heavy atom. The maximum atomic E-state index is 11.2. The number of ether oxygens (including phenoxy) is 1. The first kappa shape index (κ1) is 23.1. The van der Waals surface area contributed by atoms with Gasteiger partial charge in [0.1, 0.15) is 5.75 Å². The molecule has 2 heterocycles. The summed E-state index contributed by atoms with van der Waals surface area (Å²) in [6.07, 6.45) is 1.50. The topological polar surface area (TPSA) is 57.3 Å². The van der Waals surface area contributed by atoms with Gasteiger partial charge in [0.05, 0.1) is 24.3 Å².